The Hall–Kier alpha value is -1.63. The standard InChI is InChI=1S/C10H11F3N2O2/c1-6-3-2-4-7(9(6)15(16)17)5-8(14)10(11,12)13/h2-4,8H,5,14H2,1H3. The molecule has 1 aromatic rings. The topological polar surface area (TPSA) is 69.2 Å². The van der Waals surface area contributed by atoms with Crippen molar-refractivity contribution in [3.8, 4) is 0 Å². The van der Waals surface area contributed by atoms with Gasteiger partial charge in [-0.1, -0.05) is 18.2 Å². The molecule has 0 aliphatic heterocycles. The van der Waals surface area contributed by atoms with Crippen LogP contribution in [0, 0.1) is 17.0 Å². The average Bonchev–Trinajstić information content (AvgIpc) is 2.15. The summed E-state index contributed by atoms with van der Waals surface area (Å²) in [7, 11) is 0. The summed E-state index contributed by atoms with van der Waals surface area (Å²) in [6.07, 6.45) is -5.15. The number of halogens is 3. The fourth-order valence-electron chi connectivity index (χ4n) is 1.50. The number of nitro benzene ring substituents is 1. The van der Waals surface area contributed by atoms with Crippen molar-refractivity contribution >= 4 is 5.69 Å². The van der Waals surface area contributed by atoms with Gasteiger partial charge in [-0.25, -0.2) is 0 Å². The molecule has 0 amide bonds. The van der Waals surface area contributed by atoms with Gasteiger partial charge in [0.1, 0.15) is 6.04 Å². The minimum atomic E-state index is -4.56. The van der Waals surface area contributed by atoms with Gasteiger partial charge in [0.15, 0.2) is 0 Å². The molecule has 0 heterocycles. The van der Waals surface area contributed by atoms with Gasteiger partial charge in [-0.05, 0) is 6.92 Å². The smallest absolute Gasteiger partial charge is 0.320 e. The molecule has 17 heavy (non-hydrogen) atoms. The van der Waals surface area contributed by atoms with Crippen molar-refractivity contribution in [3.63, 3.8) is 0 Å². The predicted octanol–water partition coefficient (Wildman–Crippen LogP) is 2.34. The lowest BCUT2D eigenvalue weighted by Crippen LogP contribution is -2.39. The van der Waals surface area contributed by atoms with Crippen LogP contribution in [-0.4, -0.2) is 17.1 Å². The van der Waals surface area contributed by atoms with Crippen LogP contribution in [0.4, 0.5) is 18.9 Å². The van der Waals surface area contributed by atoms with Gasteiger partial charge in [-0.3, -0.25) is 10.1 Å². The van der Waals surface area contributed by atoms with Gasteiger partial charge < -0.3 is 5.73 Å². The quantitative estimate of drug-likeness (QED) is 0.659. The number of rotatable bonds is 3. The molecule has 0 aromatic heterocycles. The van der Waals surface area contributed by atoms with Gasteiger partial charge in [-0.2, -0.15) is 13.2 Å². The highest BCUT2D eigenvalue weighted by molar-refractivity contribution is 5.47. The summed E-state index contributed by atoms with van der Waals surface area (Å²) in [6.45, 7) is 1.47. The molecule has 1 aromatic carbocycles. The number of nitrogens with zero attached hydrogens (tertiary/aromatic N) is 1. The molecule has 2 N–H and O–H groups in total. The van der Waals surface area contributed by atoms with E-state index in [0.29, 0.717) is 5.56 Å². The maximum atomic E-state index is 12.3. The Morgan fingerprint density at radius 1 is 1.47 bits per heavy atom. The van der Waals surface area contributed by atoms with E-state index in [1.165, 1.54) is 25.1 Å². The Labute approximate surface area is 95.4 Å². The number of aryl methyl sites for hydroxylation is 1. The normalized spacial score (nSPS) is 13.5. The van der Waals surface area contributed by atoms with E-state index in [0.717, 1.165) is 0 Å². The third-order valence-corrected chi connectivity index (χ3v) is 2.36. The highest BCUT2D eigenvalue weighted by Gasteiger charge is 2.37. The van der Waals surface area contributed by atoms with Crippen molar-refractivity contribution in [1.29, 1.82) is 0 Å². The largest absolute Gasteiger partial charge is 0.403 e. The Morgan fingerprint density at radius 2 is 2.06 bits per heavy atom. The highest BCUT2D eigenvalue weighted by atomic mass is 19.4. The van der Waals surface area contributed by atoms with Crippen molar-refractivity contribution in [2.45, 2.75) is 25.6 Å². The lowest BCUT2D eigenvalue weighted by molar-refractivity contribution is -0.386. The van der Waals surface area contributed by atoms with Crippen LogP contribution in [0.25, 0.3) is 0 Å². The summed E-state index contributed by atoms with van der Waals surface area (Å²) in [5.74, 6) is 0. The van der Waals surface area contributed by atoms with Crippen LogP contribution in [-0.2, 0) is 6.42 Å². The second-order valence-corrected chi connectivity index (χ2v) is 3.69. The zero-order chi connectivity index (χ0) is 13.2. The van der Waals surface area contributed by atoms with Gasteiger partial charge in [0.05, 0.1) is 4.92 Å². The van der Waals surface area contributed by atoms with Crippen molar-refractivity contribution in [1.82, 2.24) is 0 Å². The number of nitrogens with two attached hydrogens (primary N) is 1. The molecule has 0 fully saturated rings. The minimum absolute atomic E-state index is 0.000162. The molecular formula is C10H11F3N2O2. The monoisotopic (exact) mass is 248 g/mol. The second kappa shape index (κ2) is 4.70. The fourth-order valence-corrected chi connectivity index (χ4v) is 1.50. The predicted molar refractivity (Wildman–Crippen MR) is 55.6 cm³/mol. The van der Waals surface area contributed by atoms with Gasteiger partial charge in [0, 0.05) is 17.5 Å². The fraction of sp³-hybridized carbons (Fsp3) is 0.400. The summed E-state index contributed by atoms with van der Waals surface area (Å²) in [4.78, 5) is 10.1. The van der Waals surface area contributed by atoms with Gasteiger partial charge >= 0.3 is 6.18 Å². The first kappa shape index (κ1) is 13.4. The average molecular weight is 248 g/mol. The van der Waals surface area contributed by atoms with Crippen LogP contribution < -0.4 is 5.73 Å². The minimum Gasteiger partial charge on any atom is -0.320 e. The molecule has 4 nitrogen and oxygen atoms in total. The Bertz CT molecular complexity index is 432. The van der Waals surface area contributed by atoms with Crippen LogP contribution in [0.2, 0.25) is 0 Å². The zero-order valence-electron chi connectivity index (χ0n) is 8.99. The van der Waals surface area contributed by atoms with Crippen molar-refractivity contribution in [3.05, 3.63) is 39.4 Å². The summed E-state index contributed by atoms with van der Waals surface area (Å²) in [5, 5.41) is 10.8. The number of hydrogen-bond donors (Lipinski definition) is 1. The third-order valence-electron chi connectivity index (χ3n) is 2.36. The SMILES string of the molecule is Cc1cccc(CC(N)C(F)(F)F)c1[N+](=O)[O-]. The first-order valence-electron chi connectivity index (χ1n) is 4.78. The molecule has 0 saturated carbocycles. The molecule has 1 atom stereocenters. The van der Waals surface area contributed by atoms with Crippen LogP contribution in [0.1, 0.15) is 11.1 Å². The van der Waals surface area contributed by atoms with Crippen LogP contribution >= 0.6 is 0 Å². The van der Waals surface area contributed by atoms with Crippen molar-refractivity contribution in [2.75, 3.05) is 0 Å². The van der Waals surface area contributed by atoms with E-state index in [9.17, 15) is 23.3 Å². The maximum absolute atomic E-state index is 12.3. The maximum Gasteiger partial charge on any atom is 0.403 e. The van der Waals surface area contributed by atoms with Gasteiger partial charge in [-0.15, -0.1) is 0 Å². The summed E-state index contributed by atoms with van der Waals surface area (Å²) < 4.78 is 36.8. The third kappa shape index (κ3) is 3.16. The zero-order valence-corrected chi connectivity index (χ0v) is 8.99. The number of hydrogen-bond acceptors (Lipinski definition) is 3. The molecule has 1 unspecified atom stereocenters. The van der Waals surface area contributed by atoms with E-state index in [1.54, 1.807) is 0 Å². The molecular weight excluding hydrogens is 237 g/mol. The highest BCUT2D eigenvalue weighted by Crippen LogP contribution is 2.27. The molecule has 0 spiro atoms. The van der Waals surface area contributed by atoms with Crippen molar-refractivity contribution in [2.24, 2.45) is 5.73 Å². The molecule has 0 bridgehead atoms. The second-order valence-electron chi connectivity index (χ2n) is 3.69. The summed E-state index contributed by atoms with van der Waals surface area (Å²) >= 11 is 0. The van der Waals surface area contributed by atoms with E-state index in [2.05, 4.69) is 0 Å². The molecule has 94 valence electrons. The molecule has 0 aliphatic carbocycles. The Kier molecular flexibility index (Phi) is 3.72. The van der Waals surface area contributed by atoms with E-state index in [-0.39, 0.29) is 11.3 Å². The van der Waals surface area contributed by atoms with Crippen LogP contribution in [0.3, 0.4) is 0 Å². The van der Waals surface area contributed by atoms with E-state index in [4.69, 9.17) is 5.73 Å². The van der Waals surface area contributed by atoms with E-state index >= 15 is 0 Å². The Morgan fingerprint density at radius 3 is 2.53 bits per heavy atom. The van der Waals surface area contributed by atoms with Crippen LogP contribution in [0.15, 0.2) is 18.2 Å². The number of nitro groups is 1. The van der Waals surface area contributed by atoms with Crippen molar-refractivity contribution < 1.29 is 18.1 Å². The van der Waals surface area contributed by atoms with Gasteiger partial charge in [0.25, 0.3) is 5.69 Å². The molecule has 0 saturated heterocycles. The first-order chi connectivity index (χ1) is 7.73. The molecule has 0 aliphatic rings. The number of para-hydroxylation sites is 1. The van der Waals surface area contributed by atoms with E-state index < -0.39 is 23.6 Å². The Balaban J connectivity index is 3.07. The number of benzene rings is 1. The summed E-state index contributed by atoms with van der Waals surface area (Å²) in [6, 6.07) is 2.14. The summed E-state index contributed by atoms with van der Waals surface area (Å²) in [5.41, 5.74) is 4.98. The number of alkyl halides is 3. The van der Waals surface area contributed by atoms with Crippen LogP contribution in [0.5, 0.6) is 0 Å². The lowest BCUT2D eigenvalue weighted by Gasteiger charge is -2.15. The molecule has 0 radical (unpaired) electrons. The van der Waals surface area contributed by atoms with E-state index in [1.807, 2.05) is 0 Å². The first-order valence-corrected chi connectivity index (χ1v) is 4.78. The molecule has 1 rings (SSSR count). The molecule has 7 heteroatoms. The lowest BCUT2D eigenvalue weighted by atomic mass is 10.0. The van der Waals surface area contributed by atoms with Gasteiger partial charge in [0.2, 0.25) is 0 Å².